The molecule has 1 aromatic carbocycles. The molecule has 2 aliphatic rings. The predicted octanol–water partition coefficient (Wildman–Crippen LogP) is 1.91. The minimum Gasteiger partial charge on any atom is -0.378 e. The van der Waals surface area contributed by atoms with E-state index in [2.05, 4.69) is 30.4 Å². The van der Waals surface area contributed by atoms with Crippen LogP contribution in [-0.4, -0.2) is 50.4 Å². The summed E-state index contributed by atoms with van der Waals surface area (Å²) < 4.78 is 11.4. The van der Waals surface area contributed by atoms with Gasteiger partial charge in [-0.3, -0.25) is 0 Å². The summed E-state index contributed by atoms with van der Waals surface area (Å²) in [5.74, 6) is 0. The lowest BCUT2D eigenvalue weighted by Crippen LogP contribution is -2.51. The maximum atomic E-state index is 12.3. The standard InChI is InChI=1S/C17H24N2O3/c1-2-17(13-18-16(20)19-8-11-21-12-9-19)15-6-4-3-5-14(15)7-10-22-17/h3-6H,2,7-13H2,1H3,(H,18,20)/t17-/m1/s1. The second kappa shape index (κ2) is 6.67. The number of hydrogen-bond acceptors (Lipinski definition) is 3. The number of fused-ring (bicyclic) bond motifs is 1. The van der Waals surface area contributed by atoms with Crippen molar-refractivity contribution in [3.63, 3.8) is 0 Å². The lowest BCUT2D eigenvalue weighted by atomic mass is 9.84. The summed E-state index contributed by atoms with van der Waals surface area (Å²) in [5, 5.41) is 3.06. The number of amides is 2. The molecule has 120 valence electrons. The molecule has 1 atom stereocenters. The summed E-state index contributed by atoms with van der Waals surface area (Å²) in [4.78, 5) is 14.1. The number of carbonyl (C=O) groups is 1. The number of nitrogens with one attached hydrogen (secondary N) is 1. The molecule has 5 nitrogen and oxygen atoms in total. The number of ether oxygens (including phenoxy) is 2. The van der Waals surface area contributed by atoms with Gasteiger partial charge in [0.15, 0.2) is 0 Å². The molecule has 2 amide bonds. The molecule has 0 aliphatic carbocycles. The molecule has 0 saturated carbocycles. The molecular formula is C17H24N2O3. The Morgan fingerprint density at radius 2 is 2.05 bits per heavy atom. The van der Waals surface area contributed by atoms with Gasteiger partial charge in [0.25, 0.3) is 0 Å². The van der Waals surface area contributed by atoms with Gasteiger partial charge in [-0.2, -0.15) is 0 Å². The van der Waals surface area contributed by atoms with Crippen molar-refractivity contribution >= 4 is 6.03 Å². The molecule has 5 heteroatoms. The highest BCUT2D eigenvalue weighted by Gasteiger charge is 2.36. The van der Waals surface area contributed by atoms with Gasteiger partial charge in [-0.15, -0.1) is 0 Å². The van der Waals surface area contributed by atoms with Crippen molar-refractivity contribution in [2.24, 2.45) is 0 Å². The second-order valence-corrected chi connectivity index (χ2v) is 5.86. The Bertz CT molecular complexity index is 528. The van der Waals surface area contributed by atoms with Crippen LogP contribution < -0.4 is 5.32 Å². The first-order chi connectivity index (χ1) is 10.7. The largest absolute Gasteiger partial charge is 0.378 e. The molecule has 22 heavy (non-hydrogen) atoms. The van der Waals surface area contributed by atoms with Crippen LogP contribution in [0, 0.1) is 0 Å². The lowest BCUT2D eigenvalue weighted by molar-refractivity contribution is -0.0609. The summed E-state index contributed by atoms with van der Waals surface area (Å²) in [5.41, 5.74) is 2.14. The van der Waals surface area contributed by atoms with Gasteiger partial charge in [0.05, 0.1) is 26.4 Å². The molecule has 1 fully saturated rings. The van der Waals surface area contributed by atoms with E-state index < -0.39 is 5.60 Å². The molecular weight excluding hydrogens is 280 g/mol. The van der Waals surface area contributed by atoms with E-state index in [4.69, 9.17) is 9.47 Å². The minimum absolute atomic E-state index is 0.0252. The third-order valence-corrected chi connectivity index (χ3v) is 4.65. The third-order valence-electron chi connectivity index (χ3n) is 4.65. The zero-order valence-electron chi connectivity index (χ0n) is 13.1. The van der Waals surface area contributed by atoms with Gasteiger partial charge in [0.1, 0.15) is 5.60 Å². The van der Waals surface area contributed by atoms with Crippen LogP contribution in [0.3, 0.4) is 0 Å². The van der Waals surface area contributed by atoms with Crippen molar-refractivity contribution in [3.05, 3.63) is 35.4 Å². The molecule has 0 unspecified atom stereocenters. The SMILES string of the molecule is CC[C@]1(CNC(=O)N2CCOCC2)OCCc2ccccc21. The Balaban J connectivity index is 1.71. The maximum absolute atomic E-state index is 12.3. The first-order valence-corrected chi connectivity index (χ1v) is 8.08. The second-order valence-electron chi connectivity index (χ2n) is 5.86. The number of hydrogen-bond donors (Lipinski definition) is 1. The Kier molecular flexibility index (Phi) is 4.64. The van der Waals surface area contributed by atoms with E-state index in [1.807, 2.05) is 11.0 Å². The van der Waals surface area contributed by atoms with E-state index >= 15 is 0 Å². The summed E-state index contributed by atoms with van der Waals surface area (Å²) in [6.07, 6.45) is 1.78. The normalized spacial score (nSPS) is 24.7. The molecule has 0 aromatic heterocycles. The van der Waals surface area contributed by atoms with Crippen molar-refractivity contribution in [2.45, 2.75) is 25.4 Å². The first kappa shape index (κ1) is 15.3. The fourth-order valence-corrected chi connectivity index (χ4v) is 3.28. The number of carbonyl (C=O) groups excluding carboxylic acids is 1. The van der Waals surface area contributed by atoms with Crippen LogP contribution in [0.2, 0.25) is 0 Å². The van der Waals surface area contributed by atoms with Crippen molar-refractivity contribution in [1.82, 2.24) is 10.2 Å². The highest BCUT2D eigenvalue weighted by atomic mass is 16.5. The van der Waals surface area contributed by atoms with Crippen molar-refractivity contribution in [3.8, 4) is 0 Å². The molecule has 1 aromatic rings. The first-order valence-electron chi connectivity index (χ1n) is 8.08. The Labute approximate surface area is 131 Å². The van der Waals surface area contributed by atoms with Gasteiger partial charge in [0, 0.05) is 13.1 Å². The fourth-order valence-electron chi connectivity index (χ4n) is 3.28. The summed E-state index contributed by atoms with van der Waals surface area (Å²) in [6.45, 7) is 5.88. The Morgan fingerprint density at radius 3 is 2.82 bits per heavy atom. The number of morpholine rings is 1. The molecule has 3 rings (SSSR count). The van der Waals surface area contributed by atoms with Crippen LogP contribution in [0.5, 0.6) is 0 Å². The summed E-state index contributed by atoms with van der Waals surface area (Å²) in [6, 6.07) is 8.37. The zero-order chi connectivity index (χ0) is 15.4. The molecule has 0 radical (unpaired) electrons. The lowest BCUT2D eigenvalue weighted by Gasteiger charge is -2.39. The van der Waals surface area contributed by atoms with Crippen molar-refractivity contribution in [1.29, 1.82) is 0 Å². The average Bonchev–Trinajstić information content (AvgIpc) is 2.60. The molecule has 1 saturated heterocycles. The molecule has 2 aliphatic heterocycles. The van der Waals surface area contributed by atoms with Gasteiger partial charge >= 0.3 is 6.03 Å². The number of nitrogens with zero attached hydrogens (tertiary/aromatic N) is 1. The van der Waals surface area contributed by atoms with E-state index in [0.717, 1.165) is 12.8 Å². The Hall–Kier alpha value is -1.59. The van der Waals surface area contributed by atoms with Crippen LogP contribution in [0.25, 0.3) is 0 Å². The number of urea groups is 1. The molecule has 2 heterocycles. The van der Waals surface area contributed by atoms with E-state index in [-0.39, 0.29) is 6.03 Å². The topological polar surface area (TPSA) is 50.8 Å². The van der Waals surface area contributed by atoms with Crippen molar-refractivity contribution in [2.75, 3.05) is 39.5 Å². The minimum atomic E-state index is -0.406. The van der Waals surface area contributed by atoms with Gasteiger partial charge < -0.3 is 19.7 Å². The van der Waals surface area contributed by atoms with E-state index in [1.165, 1.54) is 11.1 Å². The van der Waals surface area contributed by atoms with E-state index in [0.29, 0.717) is 39.5 Å². The van der Waals surface area contributed by atoms with E-state index in [1.54, 1.807) is 0 Å². The molecule has 1 N–H and O–H groups in total. The van der Waals surface area contributed by atoms with Crippen LogP contribution in [-0.2, 0) is 21.5 Å². The quantitative estimate of drug-likeness (QED) is 0.928. The van der Waals surface area contributed by atoms with Gasteiger partial charge in [-0.25, -0.2) is 4.79 Å². The molecule has 0 bridgehead atoms. The smallest absolute Gasteiger partial charge is 0.317 e. The van der Waals surface area contributed by atoms with Crippen LogP contribution in [0.1, 0.15) is 24.5 Å². The van der Waals surface area contributed by atoms with E-state index in [9.17, 15) is 4.79 Å². The number of benzene rings is 1. The van der Waals surface area contributed by atoms with Crippen LogP contribution in [0.4, 0.5) is 4.79 Å². The Morgan fingerprint density at radius 1 is 1.27 bits per heavy atom. The average molecular weight is 304 g/mol. The summed E-state index contributed by atoms with van der Waals surface area (Å²) >= 11 is 0. The van der Waals surface area contributed by atoms with Crippen LogP contribution >= 0.6 is 0 Å². The highest BCUT2D eigenvalue weighted by molar-refractivity contribution is 5.74. The van der Waals surface area contributed by atoms with Gasteiger partial charge in [0.2, 0.25) is 0 Å². The molecule has 0 spiro atoms. The van der Waals surface area contributed by atoms with Crippen LogP contribution in [0.15, 0.2) is 24.3 Å². The highest BCUT2D eigenvalue weighted by Crippen LogP contribution is 2.35. The summed E-state index contributed by atoms with van der Waals surface area (Å²) in [7, 11) is 0. The zero-order valence-corrected chi connectivity index (χ0v) is 13.1. The van der Waals surface area contributed by atoms with Gasteiger partial charge in [-0.1, -0.05) is 31.2 Å². The van der Waals surface area contributed by atoms with Gasteiger partial charge in [-0.05, 0) is 24.0 Å². The maximum Gasteiger partial charge on any atom is 0.317 e. The fraction of sp³-hybridized carbons (Fsp3) is 0.588. The van der Waals surface area contributed by atoms with Crippen molar-refractivity contribution < 1.29 is 14.3 Å². The third kappa shape index (κ3) is 2.96. The monoisotopic (exact) mass is 304 g/mol. The predicted molar refractivity (Wildman–Crippen MR) is 83.9 cm³/mol. The number of rotatable bonds is 3.